The number of likely N-dealkylation sites (tertiary alicyclic amines) is 1. The summed E-state index contributed by atoms with van der Waals surface area (Å²) in [6.07, 6.45) is 6.50. The topological polar surface area (TPSA) is 95.4 Å². The first-order valence-electron chi connectivity index (χ1n) is 7.77. The molecule has 0 saturated carbocycles. The second-order valence-electron chi connectivity index (χ2n) is 5.72. The van der Waals surface area contributed by atoms with Gasteiger partial charge in [0.2, 0.25) is 5.91 Å². The van der Waals surface area contributed by atoms with E-state index in [-0.39, 0.29) is 12.3 Å². The van der Waals surface area contributed by atoms with Crippen LogP contribution in [0.2, 0.25) is 0 Å². The summed E-state index contributed by atoms with van der Waals surface area (Å²) in [4.78, 5) is 33.6. The predicted octanol–water partition coefficient (Wildman–Crippen LogP) is 1.18. The molecule has 0 bridgehead atoms. The van der Waals surface area contributed by atoms with Crippen LogP contribution in [0.5, 0.6) is 0 Å². The van der Waals surface area contributed by atoms with Crippen molar-refractivity contribution in [1.82, 2.24) is 20.3 Å². The Kier molecular flexibility index (Phi) is 4.81. The van der Waals surface area contributed by atoms with Gasteiger partial charge < -0.3 is 4.90 Å². The Morgan fingerprint density at radius 2 is 1.88 bits per heavy atom. The molecule has 1 saturated heterocycles. The number of hydrogen-bond donors (Lipinski definition) is 2. The summed E-state index contributed by atoms with van der Waals surface area (Å²) in [5.74, 6) is -0.642. The SMILES string of the molecule is O=C(NO)[C@@H]1CCCN1C(=O)Cc1ccc(-c2cncnc2)cc1. The minimum absolute atomic E-state index is 0.114. The minimum atomic E-state index is -0.580. The molecule has 2 aromatic rings. The lowest BCUT2D eigenvalue weighted by Gasteiger charge is -2.23. The Bertz CT molecular complexity index is 718. The molecule has 2 N–H and O–H groups in total. The molecule has 124 valence electrons. The van der Waals surface area contributed by atoms with Crippen molar-refractivity contribution >= 4 is 11.8 Å². The van der Waals surface area contributed by atoms with Crippen molar-refractivity contribution in [3.63, 3.8) is 0 Å². The van der Waals surface area contributed by atoms with Gasteiger partial charge in [0, 0.05) is 24.5 Å². The van der Waals surface area contributed by atoms with Gasteiger partial charge in [0.05, 0.1) is 6.42 Å². The molecule has 0 unspecified atom stereocenters. The van der Waals surface area contributed by atoms with E-state index in [1.807, 2.05) is 24.3 Å². The van der Waals surface area contributed by atoms with Crippen LogP contribution in [0.25, 0.3) is 11.1 Å². The minimum Gasteiger partial charge on any atom is -0.330 e. The molecular weight excluding hydrogens is 308 g/mol. The van der Waals surface area contributed by atoms with Crippen LogP contribution in [-0.2, 0) is 16.0 Å². The van der Waals surface area contributed by atoms with Crippen molar-refractivity contribution in [2.45, 2.75) is 25.3 Å². The third-order valence-corrected chi connectivity index (χ3v) is 4.19. The van der Waals surface area contributed by atoms with Gasteiger partial charge in [-0.05, 0) is 24.0 Å². The third kappa shape index (κ3) is 3.41. The zero-order chi connectivity index (χ0) is 16.9. The zero-order valence-corrected chi connectivity index (χ0v) is 13.1. The van der Waals surface area contributed by atoms with Gasteiger partial charge in [0.1, 0.15) is 12.4 Å². The van der Waals surface area contributed by atoms with E-state index in [0.29, 0.717) is 13.0 Å². The van der Waals surface area contributed by atoms with E-state index in [1.165, 1.54) is 11.2 Å². The third-order valence-electron chi connectivity index (χ3n) is 4.19. The standard InChI is InChI=1S/C17H18N4O3/c22-16(21-7-1-2-15(21)17(23)20-24)8-12-3-5-13(6-4-12)14-9-18-11-19-10-14/h3-6,9-11,15,24H,1-2,7-8H2,(H,20,23)/t15-/m0/s1. The predicted molar refractivity (Wildman–Crippen MR) is 85.8 cm³/mol. The average Bonchev–Trinajstić information content (AvgIpc) is 3.12. The fraction of sp³-hybridized carbons (Fsp3) is 0.294. The number of aromatic nitrogens is 2. The fourth-order valence-corrected chi connectivity index (χ4v) is 2.95. The second kappa shape index (κ2) is 7.18. The highest BCUT2D eigenvalue weighted by atomic mass is 16.5. The first-order valence-corrected chi connectivity index (χ1v) is 7.77. The lowest BCUT2D eigenvalue weighted by Crippen LogP contribution is -2.45. The largest absolute Gasteiger partial charge is 0.330 e. The van der Waals surface area contributed by atoms with E-state index in [9.17, 15) is 9.59 Å². The molecule has 2 amide bonds. The van der Waals surface area contributed by atoms with Gasteiger partial charge in [-0.3, -0.25) is 14.8 Å². The average molecular weight is 326 g/mol. The number of amides is 2. The zero-order valence-electron chi connectivity index (χ0n) is 13.1. The second-order valence-corrected chi connectivity index (χ2v) is 5.72. The van der Waals surface area contributed by atoms with Crippen LogP contribution in [0.1, 0.15) is 18.4 Å². The highest BCUT2D eigenvalue weighted by Crippen LogP contribution is 2.21. The van der Waals surface area contributed by atoms with Gasteiger partial charge in [0.25, 0.3) is 5.91 Å². The summed E-state index contributed by atoms with van der Waals surface area (Å²) in [5.41, 5.74) is 4.40. The van der Waals surface area contributed by atoms with Gasteiger partial charge in [-0.2, -0.15) is 0 Å². The van der Waals surface area contributed by atoms with E-state index < -0.39 is 11.9 Å². The summed E-state index contributed by atoms with van der Waals surface area (Å²) in [5, 5.41) is 8.78. The van der Waals surface area contributed by atoms with Crippen molar-refractivity contribution in [3.05, 3.63) is 48.5 Å². The van der Waals surface area contributed by atoms with Crippen molar-refractivity contribution in [1.29, 1.82) is 0 Å². The van der Waals surface area contributed by atoms with Crippen LogP contribution < -0.4 is 5.48 Å². The molecule has 0 spiro atoms. The molecule has 24 heavy (non-hydrogen) atoms. The van der Waals surface area contributed by atoms with Gasteiger partial charge in [0.15, 0.2) is 0 Å². The van der Waals surface area contributed by atoms with Crippen molar-refractivity contribution < 1.29 is 14.8 Å². The quantitative estimate of drug-likeness (QED) is 0.650. The number of rotatable bonds is 4. The first kappa shape index (κ1) is 16.1. The molecule has 7 nitrogen and oxygen atoms in total. The number of hydrogen-bond acceptors (Lipinski definition) is 5. The van der Waals surface area contributed by atoms with Crippen LogP contribution in [0.15, 0.2) is 43.0 Å². The van der Waals surface area contributed by atoms with Gasteiger partial charge >= 0.3 is 0 Å². The summed E-state index contributed by atoms with van der Waals surface area (Å²) in [6, 6.07) is 7.03. The van der Waals surface area contributed by atoms with Crippen molar-refractivity contribution in [3.8, 4) is 11.1 Å². The molecule has 1 aliphatic rings. The number of hydroxylamine groups is 1. The van der Waals surface area contributed by atoms with Gasteiger partial charge in [-0.15, -0.1) is 0 Å². The number of benzene rings is 1. The number of nitrogens with one attached hydrogen (secondary N) is 1. The van der Waals surface area contributed by atoms with Crippen LogP contribution in [0.4, 0.5) is 0 Å². The maximum absolute atomic E-state index is 12.4. The van der Waals surface area contributed by atoms with E-state index in [1.54, 1.807) is 17.9 Å². The number of carbonyl (C=O) groups excluding carboxylic acids is 2. The van der Waals surface area contributed by atoms with Crippen LogP contribution in [-0.4, -0.2) is 44.5 Å². The molecule has 3 rings (SSSR count). The van der Waals surface area contributed by atoms with Crippen LogP contribution in [0, 0.1) is 0 Å². The highest BCUT2D eigenvalue weighted by Gasteiger charge is 2.33. The Morgan fingerprint density at radius 1 is 1.17 bits per heavy atom. The lowest BCUT2D eigenvalue weighted by molar-refractivity contribution is -0.142. The summed E-state index contributed by atoms with van der Waals surface area (Å²) in [7, 11) is 0. The van der Waals surface area contributed by atoms with Crippen LogP contribution >= 0.6 is 0 Å². The van der Waals surface area contributed by atoms with Crippen molar-refractivity contribution in [2.75, 3.05) is 6.54 Å². The normalized spacial score (nSPS) is 16.9. The maximum Gasteiger partial charge on any atom is 0.266 e. The van der Waals surface area contributed by atoms with E-state index >= 15 is 0 Å². The van der Waals surface area contributed by atoms with Crippen molar-refractivity contribution in [2.24, 2.45) is 0 Å². The Balaban J connectivity index is 1.67. The molecule has 2 heterocycles. The van der Waals surface area contributed by atoms with Crippen LogP contribution in [0.3, 0.4) is 0 Å². The fourth-order valence-electron chi connectivity index (χ4n) is 2.95. The monoisotopic (exact) mass is 326 g/mol. The summed E-state index contributed by atoms with van der Waals surface area (Å²) >= 11 is 0. The lowest BCUT2D eigenvalue weighted by atomic mass is 10.0. The summed E-state index contributed by atoms with van der Waals surface area (Å²) in [6.45, 7) is 0.538. The van der Waals surface area contributed by atoms with E-state index in [4.69, 9.17) is 5.21 Å². The molecule has 0 aliphatic carbocycles. The number of carbonyl (C=O) groups is 2. The molecule has 1 aromatic carbocycles. The van der Waals surface area contributed by atoms with E-state index in [2.05, 4.69) is 9.97 Å². The smallest absolute Gasteiger partial charge is 0.266 e. The Morgan fingerprint density at radius 3 is 2.54 bits per heavy atom. The Hall–Kier alpha value is -2.80. The summed E-state index contributed by atoms with van der Waals surface area (Å²) < 4.78 is 0. The molecule has 0 radical (unpaired) electrons. The molecule has 7 heteroatoms. The molecule has 1 atom stereocenters. The molecule has 1 fully saturated rings. The van der Waals surface area contributed by atoms with Gasteiger partial charge in [-0.25, -0.2) is 15.4 Å². The number of nitrogens with zero attached hydrogens (tertiary/aromatic N) is 3. The maximum atomic E-state index is 12.4. The highest BCUT2D eigenvalue weighted by molar-refractivity contribution is 5.88. The molecular formula is C17H18N4O3. The van der Waals surface area contributed by atoms with Gasteiger partial charge in [-0.1, -0.05) is 24.3 Å². The van der Waals surface area contributed by atoms with E-state index in [0.717, 1.165) is 23.1 Å². The molecule has 1 aliphatic heterocycles. The molecule has 1 aromatic heterocycles. The first-order chi connectivity index (χ1) is 11.7. The Labute approximate surface area is 139 Å².